The molecule has 0 spiro atoms. The molecule has 0 bridgehead atoms. The highest BCUT2D eigenvalue weighted by Crippen LogP contribution is 2.15. The van der Waals surface area contributed by atoms with Crippen LogP contribution in [-0.2, 0) is 11.3 Å². The molecule has 1 atom stereocenters. The second-order valence-corrected chi connectivity index (χ2v) is 4.62. The maximum absolute atomic E-state index is 5.64. The van der Waals surface area contributed by atoms with Crippen molar-refractivity contribution in [1.82, 2.24) is 9.59 Å². The minimum Gasteiger partial charge on any atom is -0.388 e. The van der Waals surface area contributed by atoms with Gasteiger partial charge in [0.25, 0.3) is 0 Å². The molecular weight excluding hydrogens is 198 g/mol. The molecule has 80 valence electrons. The van der Waals surface area contributed by atoms with Gasteiger partial charge in [-0.15, -0.1) is 5.10 Å². The average molecular weight is 215 g/mol. The van der Waals surface area contributed by atoms with Crippen LogP contribution in [0.1, 0.15) is 32.9 Å². The third kappa shape index (κ3) is 3.59. The molecule has 5 heteroatoms. The van der Waals surface area contributed by atoms with Crippen molar-refractivity contribution in [3.05, 3.63) is 5.69 Å². The first-order valence-corrected chi connectivity index (χ1v) is 5.55. The molecule has 0 aliphatic rings. The van der Waals surface area contributed by atoms with Crippen molar-refractivity contribution in [2.75, 3.05) is 5.73 Å². The number of nitrogen functional groups attached to an aromatic ring is 1. The van der Waals surface area contributed by atoms with Gasteiger partial charge >= 0.3 is 0 Å². The molecule has 1 rings (SSSR count). The normalized spacial score (nSPS) is 13.4. The van der Waals surface area contributed by atoms with E-state index in [1.807, 2.05) is 0 Å². The zero-order valence-electron chi connectivity index (χ0n) is 8.86. The monoisotopic (exact) mass is 215 g/mol. The van der Waals surface area contributed by atoms with Gasteiger partial charge in [-0.2, -0.15) is 0 Å². The third-order valence-corrected chi connectivity index (χ3v) is 2.49. The first kappa shape index (κ1) is 11.4. The highest BCUT2D eigenvalue weighted by atomic mass is 32.1. The first-order chi connectivity index (χ1) is 6.59. The maximum atomic E-state index is 5.64. The molecule has 0 saturated heterocycles. The van der Waals surface area contributed by atoms with Crippen LogP contribution in [0.25, 0.3) is 0 Å². The second kappa shape index (κ2) is 5.26. The SMILES string of the molecule is CC(C)CC(C)OCc1nnsc1N. The zero-order chi connectivity index (χ0) is 10.6. The van der Waals surface area contributed by atoms with E-state index in [1.54, 1.807) is 0 Å². The number of hydrogen-bond donors (Lipinski definition) is 1. The van der Waals surface area contributed by atoms with Gasteiger partial charge in [0.05, 0.1) is 12.7 Å². The number of rotatable bonds is 5. The fraction of sp³-hybridized carbons (Fsp3) is 0.778. The fourth-order valence-corrected chi connectivity index (χ4v) is 1.70. The van der Waals surface area contributed by atoms with Crippen molar-refractivity contribution < 1.29 is 4.74 Å². The van der Waals surface area contributed by atoms with Crippen LogP contribution in [0.2, 0.25) is 0 Å². The van der Waals surface area contributed by atoms with Gasteiger partial charge < -0.3 is 10.5 Å². The van der Waals surface area contributed by atoms with E-state index in [4.69, 9.17) is 10.5 Å². The van der Waals surface area contributed by atoms with Gasteiger partial charge in [0.2, 0.25) is 0 Å². The summed E-state index contributed by atoms with van der Waals surface area (Å²) in [5.74, 6) is 0.649. The van der Waals surface area contributed by atoms with Gasteiger partial charge in [0, 0.05) is 11.5 Å². The molecule has 1 aromatic rings. The molecule has 0 fully saturated rings. The van der Waals surface area contributed by atoms with Crippen molar-refractivity contribution in [3.63, 3.8) is 0 Å². The Morgan fingerprint density at radius 3 is 2.64 bits per heavy atom. The number of nitrogens with two attached hydrogens (primary N) is 1. The molecule has 1 aromatic heterocycles. The van der Waals surface area contributed by atoms with Crippen LogP contribution in [0.15, 0.2) is 0 Å². The van der Waals surface area contributed by atoms with Gasteiger partial charge in [-0.1, -0.05) is 18.3 Å². The number of ether oxygens (including phenoxy) is 1. The highest BCUT2D eigenvalue weighted by molar-refractivity contribution is 7.09. The average Bonchev–Trinajstić information content (AvgIpc) is 2.46. The Hall–Kier alpha value is -0.680. The van der Waals surface area contributed by atoms with Crippen LogP contribution in [-0.4, -0.2) is 15.7 Å². The van der Waals surface area contributed by atoms with Gasteiger partial charge in [0.15, 0.2) is 0 Å². The molecule has 0 amide bonds. The Bertz CT molecular complexity index is 275. The summed E-state index contributed by atoms with van der Waals surface area (Å²) in [4.78, 5) is 0. The smallest absolute Gasteiger partial charge is 0.133 e. The van der Waals surface area contributed by atoms with Gasteiger partial charge in [-0.3, -0.25) is 0 Å². The van der Waals surface area contributed by atoms with E-state index < -0.39 is 0 Å². The zero-order valence-corrected chi connectivity index (χ0v) is 9.67. The number of nitrogens with zero attached hydrogens (tertiary/aromatic N) is 2. The summed E-state index contributed by atoms with van der Waals surface area (Å²) in [7, 11) is 0. The van der Waals surface area contributed by atoms with E-state index in [1.165, 1.54) is 11.5 Å². The molecular formula is C9H17N3OS. The van der Waals surface area contributed by atoms with E-state index in [-0.39, 0.29) is 6.10 Å². The lowest BCUT2D eigenvalue weighted by atomic mass is 10.1. The first-order valence-electron chi connectivity index (χ1n) is 4.78. The van der Waals surface area contributed by atoms with E-state index in [0.29, 0.717) is 17.5 Å². The predicted molar refractivity (Wildman–Crippen MR) is 58.0 cm³/mol. The molecule has 0 saturated carbocycles. The van der Waals surface area contributed by atoms with Gasteiger partial charge in [-0.25, -0.2) is 0 Å². The third-order valence-electron chi connectivity index (χ3n) is 1.89. The van der Waals surface area contributed by atoms with E-state index in [9.17, 15) is 0 Å². The summed E-state index contributed by atoms with van der Waals surface area (Å²) in [5.41, 5.74) is 6.40. The summed E-state index contributed by atoms with van der Waals surface area (Å²) in [6.07, 6.45) is 1.30. The van der Waals surface area contributed by atoms with Crippen LogP contribution in [0.5, 0.6) is 0 Å². The molecule has 0 radical (unpaired) electrons. The Morgan fingerprint density at radius 2 is 2.14 bits per heavy atom. The summed E-state index contributed by atoms with van der Waals surface area (Å²) < 4.78 is 9.35. The standard InChI is InChI=1S/C9H17N3OS/c1-6(2)4-7(3)13-5-8-9(10)14-12-11-8/h6-7H,4-5,10H2,1-3H3. The van der Waals surface area contributed by atoms with Crippen molar-refractivity contribution in [2.24, 2.45) is 5.92 Å². The van der Waals surface area contributed by atoms with Crippen LogP contribution in [0, 0.1) is 5.92 Å². The van der Waals surface area contributed by atoms with Crippen molar-refractivity contribution >= 4 is 16.5 Å². The summed E-state index contributed by atoms with van der Waals surface area (Å²) in [6, 6.07) is 0. The van der Waals surface area contributed by atoms with E-state index in [2.05, 4.69) is 30.4 Å². The Morgan fingerprint density at radius 1 is 1.43 bits per heavy atom. The van der Waals surface area contributed by atoms with Crippen molar-refractivity contribution in [1.29, 1.82) is 0 Å². The van der Waals surface area contributed by atoms with Crippen molar-refractivity contribution in [3.8, 4) is 0 Å². The summed E-state index contributed by atoms with van der Waals surface area (Å²) in [5, 5.41) is 4.54. The lowest BCUT2D eigenvalue weighted by Gasteiger charge is -2.14. The molecule has 0 aromatic carbocycles. The van der Waals surface area contributed by atoms with Gasteiger partial charge in [0.1, 0.15) is 10.7 Å². The van der Waals surface area contributed by atoms with Crippen LogP contribution in [0.3, 0.4) is 0 Å². The Kier molecular flexibility index (Phi) is 4.28. The number of hydrogen-bond acceptors (Lipinski definition) is 5. The lowest BCUT2D eigenvalue weighted by molar-refractivity contribution is 0.0382. The Balaban J connectivity index is 2.30. The minimum atomic E-state index is 0.246. The van der Waals surface area contributed by atoms with Crippen LogP contribution < -0.4 is 5.73 Å². The summed E-state index contributed by atoms with van der Waals surface area (Å²) >= 11 is 1.21. The van der Waals surface area contributed by atoms with Crippen LogP contribution >= 0.6 is 11.5 Å². The fourth-order valence-electron chi connectivity index (χ4n) is 1.27. The quantitative estimate of drug-likeness (QED) is 0.816. The molecule has 2 N–H and O–H groups in total. The molecule has 1 heterocycles. The lowest BCUT2D eigenvalue weighted by Crippen LogP contribution is -2.11. The second-order valence-electron chi connectivity index (χ2n) is 3.84. The molecule has 0 aliphatic heterocycles. The topological polar surface area (TPSA) is 61.0 Å². The predicted octanol–water partition coefficient (Wildman–Crippen LogP) is 2.07. The molecule has 0 aliphatic carbocycles. The molecule has 1 unspecified atom stereocenters. The van der Waals surface area contributed by atoms with E-state index in [0.717, 1.165) is 12.1 Å². The largest absolute Gasteiger partial charge is 0.388 e. The van der Waals surface area contributed by atoms with Crippen LogP contribution in [0.4, 0.5) is 5.00 Å². The van der Waals surface area contributed by atoms with E-state index >= 15 is 0 Å². The molecule has 4 nitrogen and oxygen atoms in total. The number of anilines is 1. The maximum Gasteiger partial charge on any atom is 0.133 e. The van der Waals surface area contributed by atoms with Gasteiger partial charge in [-0.05, 0) is 19.3 Å². The van der Waals surface area contributed by atoms with Crippen molar-refractivity contribution in [2.45, 2.75) is 39.9 Å². The number of aromatic nitrogens is 2. The Labute approximate surface area is 88.6 Å². The molecule has 14 heavy (non-hydrogen) atoms. The highest BCUT2D eigenvalue weighted by Gasteiger charge is 2.08. The minimum absolute atomic E-state index is 0.246. The summed E-state index contributed by atoms with van der Waals surface area (Å²) in [6.45, 7) is 6.89.